The molecule has 0 spiro atoms. The summed E-state index contributed by atoms with van der Waals surface area (Å²) >= 11 is 0. The fourth-order valence-corrected chi connectivity index (χ4v) is 12.1. The molecule has 6 aromatic carbocycles. The number of carboxylic acids is 3. The summed E-state index contributed by atoms with van der Waals surface area (Å²) < 4.78 is 18.3. The van der Waals surface area contributed by atoms with Crippen LogP contribution in [0, 0.1) is 0 Å². The number of esters is 3. The van der Waals surface area contributed by atoms with Crippen LogP contribution >= 0.6 is 0 Å². The van der Waals surface area contributed by atoms with Gasteiger partial charge >= 0.3 is 35.0 Å². The van der Waals surface area contributed by atoms with Crippen LogP contribution in [-0.2, 0) is 82.0 Å². The zero-order chi connectivity index (χ0) is 81.9. The average Bonchev–Trinajstić information content (AvgIpc) is 0.775. The zero-order valence-corrected chi connectivity index (χ0v) is 71.6. The Morgan fingerprint density at radius 2 is 0.321 bits per heavy atom. The predicted octanol–water partition coefficient (Wildman–Crippen LogP) is 18.5. The summed E-state index contributed by atoms with van der Waals surface area (Å²) in [6, 6.07) is 19.3. The van der Waals surface area contributed by atoms with Crippen molar-refractivity contribution in [3.05, 3.63) is 173 Å². The first kappa shape index (κ1) is 92.3. The van der Waals surface area contributed by atoms with Gasteiger partial charge in [0, 0.05) is 66.8 Å². The fraction of sp³-hybridized carbons (Fsp3) is 0.533. The van der Waals surface area contributed by atoms with Crippen LogP contribution in [0.25, 0.3) is 0 Å². The Labute approximate surface area is 644 Å². The molecule has 0 aliphatic carbocycles. The standard InChI is InChI=1S/3C30H42O5.Fe/c3*1-27(2,3)19-15-18(16-20(23(19)31)28(4,5)6)26(34)35-24-21(29(7,8)9)13-17(25(32)33)14-22(24)30(10,11)12;/h3*13-16,31H,1-12H3,(H,32,33);/q;;;+3/p-3. The van der Waals surface area contributed by atoms with Crippen LogP contribution in [0.2, 0.25) is 0 Å². The van der Waals surface area contributed by atoms with Crippen molar-refractivity contribution in [2.24, 2.45) is 0 Å². The molecule has 581 valence electrons. The van der Waals surface area contributed by atoms with Crippen LogP contribution in [0.3, 0.4) is 0 Å². The molecule has 0 aromatic heterocycles. The maximum absolute atomic E-state index is 13.6. The number of hydrogen-bond donors (Lipinski definition) is 3. The Balaban J connectivity index is 0.000000411. The van der Waals surface area contributed by atoms with E-state index in [2.05, 4.69) is 0 Å². The van der Waals surface area contributed by atoms with Crippen LogP contribution < -0.4 is 29.5 Å². The molecule has 0 atom stereocenters. The average molecular weight is 1500 g/mol. The van der Waals surface area contributed by atoms with Crippen LogP contribution in [0.5, 0.6) is 34.5 Å². The fourth-order valence-electron chi connectivity index (χ4n) is 12.1. The first-order valence-corrected chi connectivity index (χ1v) is 36.2. The van der Waals surface area contributed by atoms with Gasteiger partial charge in [0.25, 0.3) is 0 Å². The van der Waals surface area contributed by atoms with Crippen LogP contribution in [0.4, 0.5) is 0 Å². The monoisotopic (exact) mass is 1500 g/mol. The first-order valence-electron chi connectivity index (χ1n) is 36.2. The van der Waals surface area contributed by atoms with Gasteiger partial charge in [0.2, 0.25) is 0 Å². The van der Waals surface area contributed by atoms with Crippen molar-refractivity contribution in [2.75, 3.05) is 0 Å². The van der Waals surface area contributed by atoms with Crippen LogP contribution in [-0.4, -0.2) is 51.1 Å². The molecule has 0 aliphatic heterocycles. The van der Waals surface area contributed by atoms with Gasteiger partial charge < -0.3 is 59.2 Å². The maximum atomic E-state index is 13.6. The quantitative estimate of drug-likeness (QED) is 0.0690. The summed E-state index contributed by atoms with van der Waals surface area (Å²) in [5.74, 6) is -3.85. The molecule has 0 saturated heterocycles. The second-order valence-corrected chi connectivity index (χ2v) is 40.5. The number of phenolic OH excluding ortho intramolecular Hbond substituents is 3. The van der Waals surface area contributed by atoms with Crippen molar-refractivity contribution in [3.8, 4) is 34.5 Å². The molecule has 3 N–H and O–H groups in total. The van der Waals surface area contributed by atoms with Crippen molar-refractivity contribution in [3.63, 3.8) is 0 Å². The van der Waals surface area contributed by atoms with Gasteiger partial charge in [0.05, 0.1) is 34.6 Å². The number of ether oxygens (including phenoxy) is 3. The van der Waals surface area contributed by atoms with Crippen LogP contribution in [0.15, 0.2) is 72.8 Å². The van der Waals surface area contributed by atoms with Crippen molar-refractivity contribution >= 4 is 35.8 Å². The number of carbonyl (C=O) groups is 6. The molecule has 6 aromatic rings. The van der Waals surface area contributed by atoms with Gasteiger partial charge in [-0.3, -0.25) is 0 Å². The van der Waals surface area contributed by atoms with E-state index in [1.54, 1.807) is 36.4 Å². The maximum Gasteiger partial charge on any atom is 3.00 e. The first-order chi connectivity index (χ1) is 46.6. The molecule has 16 heteroatoms. The number of phenols is 3. The second kappa shape index (κ2) is 31.3. The summed E-state index contributed by atoms with van der Waals surface area (Å²) in [4.78, 5) is 76.2. The van der Waals surface area contributed by atoms with Crippen LogP contribution in [0.1, 0.15) is 378 Å². The summed E-state index contributed by atoms with van der Waals surface area (Å²) in [7, 11) is 0. The SMILES string of the molecule is CC(C)(C)c1cc(C(=O)Oc2c(C(C)(C)C)cc(C(=O)[O-])cc2C(C)(C)C)cc(C(C)(C)C)c1O.CC(C)(C)c1cc(C(=O)Oc2c(C(C)(C)C)cc(C(=O)[O-])cc2C(C)(C)C)cc(C(C)(C)C)c1O.CC(C)(C)c1cc(C(=O)Oc2c(C(C)(C)C)cc(C(=O)[O-])cc2C(C)(C)C)cc(C(C)(C)C)c1O.[Fe+3]. The Morgan fingerprint density at radius 3 is 0.415 bits per heavy atom. The Kier molecular flexibility index (Phi) is 27.3. The molecule has 15 nitrogen and oxygen atoms in total. The molecule has 0 saturated carbocycles. The largest absolute Gasteiger partial charge is 3.00 e. The van der Waals surface area contributed by atoms with Gasteiger partial charge in [-0.15, -0.1) is 0 Å². The van der Waals surface area contributed by atoms with E-state index in [1.807, 2.05) is 249 Å². The molecule has 0 unspecified atom stereocenters. The number of hydrogen-bond acceptors (Lipinski definition) is 15. The zero-order valence-electron chi connectivity index (χ0n) is 70.5. The van der Waals surface area contributed by atoms with Gasteiger partial charge in [-0.1, -0.05) is 249 Å². The molecular weight excluding hydrogens is 1380 g/mol. The van der Waals surface area contributed by atoms with Gasteiger partial charge in [-0.25, -0.2) is 14.4 Å². The predicted molar refractivity (Wildman–Crippen MR) is 416 cm³/mol. The number of rotatable bonds is 9. The van der Waals surface area contributed by atoms with E-state index >= 15 is 0 Å². The van der Waals surface area contributed by atoms with E-state index in [4.69, 9.17) is 14.2 Å². The minimum atomic E-state index is -1.28. The van der Waals surface area contributed by atoms with Gasteiger partial charge in [0.15, 0.2) is 0 Å². The van der Waals surface area contributed by atoms with Crippen molar-refractivity contribution in [1.82, 2.24) is 0 Å². The number of benzene rings is 6. The Bertz CT molecular complexity index is 3670. The van der Waals surface area contributed by atoms with E-state index in [1.165, 1.54) is 36.4 Å². The van der Waals surface area contributed by atoms with Crippen molar-refractivity contribution in [1.29, 1.82) is 0 Å². The Hall–Kier alpha value is -7.94. The number of carbonyl (C=O) groups excluding carboxylic acids is 6. The second-order valence-electron chi connectivity index (χ2n) is 40.5. The minimum absolute atomic E-state index is 0. The molecular formula is C90H123FeO15. The third-order valence-electron chi connectivity index (χ3n) is 18.3. The summed E-state index contributed by atoms with van der Waals surface area (Å²) in [6.45, 7) is 70.7. The number of aromatic carboxylic acids is 3. The molecule has 0 fully saturated rings. The topological polar surface area (TPSA) is 260 Å². The van der Waals surface area contributed by atoms with Crippen molar-refractivity contribution in [2.45, 2.75) is 314 Å². The Morgan fingerprint density at radius 1 is 0.217 bits per heavy atom. The summed E-state index contributed by atoms with van der Waals surface area (Å²) in [5, 5.41) is 68.4. The molecule has 0 amide bonds. The van der Waals surface area contributed by atoms with E-state index in [0.29, 0.717) is 101 Å². The van der Waals surface area contributed by atoms with E-state index in [0.717, 1.165) is 0 Å². The molecule has 0 bridgehead atoms. The molecule has 0 aliphatic rings. The molecule has 6 rings (SSSR count). The third kappa shape index (κ3) is 22.6. The van der Waals surface area contributed by atoms with E-state index < -0.39 is 101 Å². The number of aromatic hydroxyl groups is 3. The minimum Gasteiger partial charge on any atom is -0.545 e. The van der Waals surface area contributed by atoms with Gasteiger partial charge in [-0.2, -0.15) is 0 Å². The van der Waals surface area contributed by atoms with Gasteiger partial charge in [0.1, 0.15) is 34.5 Å². The molecule has 106 heavy (non-hydrogen) atoms. The number of carboxylic acid groups (broad SMARTS) is 3. The summed E-state index contributed by atoms with van der Waals surface area (Å²) in [6.07, 6.45) is 0. The molecule has 1 radical (unpaired) electrons. The van der Waals surface area contributed by atoms with E-state index in [9.17, 15) is 59.4 Å². The molecule has 0 heterocycles. The third-order valence-corrected chi connectivity index (χ3v) is 18.3. The smallest absolute Gasteiger partial charge is 0.545 e. The van der Waals surface area contributed by atoms with Gasteiger partial charge in [-0.05, 0) is 154 Å². The van der Waals surface area contributed by atoms with Crippen molar-refractivity contribution < 1.29 is 90.7 Å². The normalized spacial score (nSPS) is 12.9. The van der Waals surface area contributed by atoms with E-state index in [-0.39, 0.29) is 51.0 Å². The summed E-state index contributed by atoms with van der Waals surface area (Å²) in [5.41, 5.74) is 3.44.